The van der Waals surface area contributed by atoms with Crippen LogP contribution in [-0.4, -0.2) is 29.0 Å². The molecule has 0 bridgehead atoms. The largest absolute Gasteiger partial charge is 0.497 e. The first-order valence-corrected chi connectivity index (χ1v) is 8.66. The van der Waals surface area contributed by atoms with E-state index in [0.29, 0.717) is 21.8 Å². The standard InChI is InChI=1S/C17H14ClN3O3S/c1-23-14-8-2-11(3-9-14)16-20-21-17(24-16)25-10-15(22)19-13-6-4-12(18)5-7-13/h2-9H,10H2,1H3,(H,19,22). The molecule has 1 heterocycles. The lowest BCUT2D eigenvalue weighted by Crippen LogP contribution is -2.13. The van der Waals surface area contributed by atoms with Gasteiger partial charge < -0.3 is 14.5 Å². The number of benzene rings is 2. The summed E-state index contributed by atoms with van der Waals surface area (Å²) in [6, 6.07) is 14.2. The highest BCUT2D eigenvalue weighted by Crippen LogP contribution is 2.25. The minimum Gasteiger partial charge on any atom is -0.497 e. The number of nitrogens with zero attached hydrogens (tertiary/aromatic N) is 2. The molecular formula is C17H14ClN3O3S. The normalized spacial score (nSPS) is 10.5. The van der Waals surface area contributed by atoms with E-state index in [4.69, 9.17) is 20.8 Å². The fourth-order valence-electron chi connectivity index (χ4n) is 1.98. The first-order valence-electron chi connectivity index (χ1n) is 7.30. The van der Waals surface area contributed by atoms with Gasteiger partial charge in [-0.3, -0.25) is 4.79 Å². The van der Waals surface area contributed by atoms with E-state index in [1.807, 2.05) is 24.3 Å². The molecule has 0 fully saturated rings. The molecule has 6 nitrogen and oxygen atoms in total. The van der Waals surface area contributed by atoms with Crippen LogP contribution < -0.4 is 10.1 Å². The average Bonchev–Trinajstić information content (AvgIpc) is 3.11. The fourth-order valence-corrected chi connectivity index (χ4v) is 2.67. The van der Waals surface area contributed by atoms with E-state index >= 15 is 0 Å². The van der Waals surface area contributed by atoms with Gasteiger partial charge >= 0.3 is 0 Å². The Bertz CT molecular complexity index is 850. The van der Waals surface area contributed by atoms with Crippen molar-refractivity contribution in [2.45, 2.75) is 5.22 Å². The van der Waals surface area contributed by atoms with Crippen molar-refractivity contribution < 1.29 is 13.9 Å². The molecule has 3 aromatic rings. The summed E-state index contributed by atoms with van der Waals surface area (Å²) in [5.74, 6) is 1.13. The third-order valence-electron chi connectivity index (χ3n) is 3.20. The average molecular weight is 376 g/mol. The summed E-state index contributed by atoms with van der Waals surface area (Å²) in [7, 11) is 1.60. The number of carbonyl (C=O) groups excluding carboxylic acids is 1. The molecule has 25 heavy (non-hydrogen) atoms. The zero-order valence-corrected chi connectivity index (χ0v) is 14.8. The van der Waals surface area contributed by atoms with Crippen molar-refractivity contribution in [1.29, 1.82) is 0 Å². The summed E-state index contributed by atoms with van der Waals surface area (Å²) in [4.78, 5) is 11.9. The topological polar surface area (TPSA) is 77.2 Å². The number of nitrogens with one attached hydrogen (secondary N) is 1. The maximum absolute atomic E-state index is 11.9. The number of thioether (sulfide) groups is 1. The predicted octanol–water partition coefficient (Wildman–Crippen LogP) is 4.13. The van der Waals surface area contributed by atoms with Crippen molar-refractivity contribution in [2.75, 3.05) is 18.2 Å². The maximum Gasteiger partial charge on any atom is 0.277 e. The second-order valence-corrected chi connectivity index (χ2v) is 6.31. The Kier molecular flexibility index (Phi) is 5.57. The van der Waals surface area contributed by atoms with Gasteiger partial charge in [0.05, 0.1) is 12.9 Å². The molecule has 2 aromatic carbocycles. The zero-order chi connectivity index (χ0) is 17.6. The number of hydrogen-bond acceptors (Lipinski definition) is 6. The van der Waals surface area contributed by atoms with Crippen LogP contribution in [0, 0.1) is 0 Å². The highest BCUT2D eigenvalue weighted by Gasteiger charge is 2.11. The van der Waals surface area contributed by atoms with Crippen LogP contribution in [-0.2, 0) is 4.79 Å². The summed E-state index contributed by atoms with van der Waals surface area (Å²) >= 11 is 6.98. The van der Waals surface area contributed by atoms with Crippen molar-refractivity contribution in [1.82, 2.24) is 10.2 Å². The van der Waals surface area contributed by atoms with Crippen molar-refractivity contribution in [2.24, 2.45) is 0 Å². The Balaban J connectivity index is 1.55. The third kappa shape index (κ3) is 4.74. The molecular weight excluding hydrogens is 362 g/mol. The molecule has 128 valence electrons. The highest BCUT2D eigenvalue weighted by molar-refractivity contribution is 7.99. The number of ether oxygens (including phenoxy) is 1. The van der Waals surface area contributed by atoms with Gasteiger partial charge in [-0.15, -0.1) is 10.2 Å². The monoisotopic (exact) mass is 375 g/mol. The molecule has 0 spiro atoms. The number of halogens is 1. The number of hydrogen-bond donors (Lipinski definition) is 1. The summed E-state index contributed by atoms with van der Waals surface area (Å²) in [6.07, 6.45) is 0. The van der Waals surface area contributed by atoms with E-state index in [1.54, 1.807) is 31.4 Å². The number of amides is 1. The number of aromatic nitrogens is 2. The molecule has 3 rings (SSSR count). The second kappa shape index (κ2) is 8.04. The summed E-state index contributed by atoms with van der Waals surface area (Å²) in [5, 5.41) is 11.6. The summed E-state index contributed by atoms with van der Waals surface area (Å²) in [5.41, 5.74) is 1.46. The van der Waals surface area contributed by atoms with Gasteiger partial charge in [-0.25, -0.2) is 0 Å². The Hall–Kier alpha value is -2.51. The van der Waals surface area contributed by atoms with Gasteiger partial charge in [0.2, 0.25) is 11.8 Å². The summed E-state index contributed by atoms with van der Waals surface area (Å²) < 4.78 is 10.7. The Morgan fingerprint density at radius 1 is 1.16 bits per heavy atom. The van der Waals surface area contributed by atoms with Crippen molar-refractivity contribution >= 4 is 35.0 Å². The van der Waals surface area contributed by atoms with Gasteiger partial charge in [0.15, 0.2) is 0 Å². The van der Waals surface area contributed by atoms with E-state index in [0.717, 1.165) is 11.3 Å². The predicted molar refractivity (Wildman–Crippen MR) is 97.1 cm³/mol. The Morgan fingerprint density at radius 2 is 1.88 bits per heavy atom. The number of carbonyl (C=O) groups is 1. The molecule has 0 aliphatic rings. The molecule has 0 aliphatic carbocycles. The first kappa shape index (κ1) is 17.3. The zero-order valence-electron chi connectivity index (χ0n) is 13.2. The first-order chi connectivity index (χ1) is 12.1. The molecule has 8 heteroatoms. The molecule has 1 amide bonds. The van der Waals surface area contributed by atoms with E-state index in [1.165, 1.54) is 11.8 Å². The van der Waals surface area contributed by atoms with E-state index in [9.17, 15) is 4.79 Å². The van der Waals surface area contributed by atoms with Crippen LogP contribution in [0.5, 0.6) is 5.75 Å². The SMILES string of the molecule is COc1ccc(-c2nnc(SCC(=O)Nc3ccc(Cl)cc3)o2)cc1. The van der Waals surface area contributed by atoms with Gasteiger partial charge in [0.25, 0.3) is 5.22 Å². The van der Waals surface area contributed by atoms with Crippen LogP contribution >= 0.6 is 23.4 Å². The lowest BCUT2D eigenvalue weighted by Gasteiger charge is -2.03. The van der Waals surface area contributed by atoms with Gasteiger partial charge in [-0.2, -0.15) is 0 Å². The third-order valence-corrected chi connectivity index (χ3v) is 4.27. The maximum atomic E-state index is 11.9. The van der Waals surface area contributed by atoms with Gasteiger partial charge in [0, 0.05) is 16.3 Å². The number of methoxy groups -OCH3 is 1. The van der Waals surface area contributed by atoms with Crippen LogP contribution in [0.25, 0.3) is 11.5 Å². The van der Waals surface area contributed by atoms with Gasteiger partial charge in [-0.1, -0.05) is 23.4 Å². The molecule has 0 saturated heterocycles. The molecule has 0 unspecified atom stereocenters. The summed E-state index contributed by atoms with van der Waals surface area (Å²) in [6.45, 7) is 0. The molecule has 0 saturated carbocycles. The van der Waals surface area contributed by atoms with Crippen molar-refractivity contribution in [3.8, 4) is 17.2 Å². The van der Waals surface area contributed by atoms with E-state index < -0.39 is 0 Å². The Labute approximate surface area is 153 Å². The van der Waals surface area contributed by atoms with Crippen LogP contribution in [0.3, 0.4) is 0 Å². The second-order valence-electron chi connectivity index (χ2n) is 4.95. The molecule has 0 atom stereocenters. The van der Waals surface area contributed by atoms with Crippen molar-refractivity contribution in [3.63, 3.8) is 0 Å². The van der Waals surface area contributed by atoms with Crippen molar-refractivity contribution in [3.05, 3.63) is 53.6 Å². The van der Waals surface area contributed by atoms with Crippen LogP contribution in [0.15, 0.2) is 58.2 Å². The molecule has 0 aliphatic heterocycles. The van der Waals surface area contributed by atoms with E-state index in [2.05, 4.69) is 15.5 Å². The quantitative estimate of drug-likeness (QED) is 0.653. The number of rotatable bonds is 6. The van der Waals surface area contributed by atoms with Gasteiger partial charge in [-0.05, 0) is 48.5 Å². The minimum atomic E-state index is -0.170. The van der Waals surface area contributed by atoms with Crippen LogP contribution in [0.2, 0.25) is 5.02 Å². The molecule has 1 N–H and O–H groups in total. The minimum absolute atomic E-state index is 0.160. The highest BCUT2D eigenvalue weighted by atomic mass is 35.5. The fraction of sp³-hybridized carbons (Fsp3) is 0.118. The lowest BCUT2D eigenvalue weighted by atomic mass is 10.2. The molecule has 1 aromatic heterocycles. The smallest absolute Gasteiger partial charge is 0.277 e. The van der Waals surface area contributed by atoms with Gasteiger partial charge in [0.1, 0.15) is 5.75 Å². The lowest BCUT2D eigenvalue weighted by molar-refractivity contribution is -0.113. The van der Waals surface area contributed by atoms with E-state index in [-0.39, 0.29) is 11.7 Å². The Morgan fingerprint density at radius 3 is 2.56 bits per heavy atom. The van der Waals surface area contributed by atoms with Crippen LogP contribution in [0.1, 0.15) is 0 Å². The molecule has 0 radical (unpaired) electrons. The number of anilines is 1. The van der Waals surface area contributed by atoms with Crippen LogP contribution in [0.4, 0.5) is 5.69 Å².